The number of rotatable bonds is 10. The number of amides is 1. The minimum atomic E-state index is -3.95. The summed E-state index contributed by atoms with van der Waals surface area (Å²) in [6.07, 6.45) is -0.356. The number of carbonyl (C=O) groups is 2. The molecule has 1 amide bonds. The third-order valence-corrected chi connectivity index (χ3v) is 8.84. The maximum atomic E-state index is 13.7. The van der Waals surface area contributed by atoms with E-state index in [4.69, 9.17) is 21.4 Å². The van der Waals surface area contributed by atoms with Crippen LogP contribution in [0.3, 0.4) is 0 Å². The van der Waals surface area contributed by atoms with Gasteiger partial charge in [0.25, 0.3) is 15.9 Å². The standard InChI is InChI=1S/C30H34ClN3O7S/c1-19-15-34(20(2)18-35)29(36)26-14-24(32-42(39,40)25-11-8-23(31)9-12-25)10-13-27(26)41-28(19)17-33(3)16-21-4-6-22(7-5-21)30(37)38/h4-14,19-20,28,32,35H,15-18H2,1-3H3,(H,37,38)/t19-,20-,28-/m1/s1. The molecule has 0 radical (unpaired) electrons. The van der Waals surface area contributed by atoms with Crippen molar-refractivity contribution in [2.24, 2.45) is 5.92 Å². The zero-order valence-corrected chi connectivity index (χ0v) is 25.1. The Morgan fingerprint density at radius 3 is 2.43 bits per heavy atom. The lowest BCUT2D eigenvalue weighted by Crippen LogP contribution is -2.49. The smallest absolute Gasteiger partial charge is 0.335 e. The SMILES string of the molecule is C[C@@H]1CN([C@H](C)CO)C(=O)c2cc(NS(=O)(=O)c3ccc(Cl)cc3)ccc2O[C@@H]1CN(C)Cc1ccc(C(=O)O)cc1. The van der Waals surface area contributed by atoms with Crippen LogP contribution in [-0.4, -0.2) is 79.2 Å². The summed E-state index contributed by atoms with van der Waals surface area (Å²) in [6, 6.07) is 16.5. The van der Waals surface area contributed by atoms with E-state index >= 15 is 0 Å². The Morgan fingerprint density at radius 2 is 1.81 bits per heavy atom. The largest absolute Gasteiger partial charge is 0.488 e. The van der Waals surface area contributed by atoms with E-state index in [9.17, 15) is 23.1 Å². The molecule has 42 heavy (non-hydrogen) atoms. The Balaban J connectivity index is 1.60. The predicted octanol–water partition coefficient (Wildman–Crippen LogP) is 4.19. The molecule has 224 valence electrons. The summed E-state index contributed by atoms with van der Waals surface area (Å²) >= 11 is 5.90. The summed E-state index contributed by atoms with van der Waals surface area (Å²) in [5.74, 6) is -1.17. The molecular formula is C30H34ClN3O7S. The molecule has 0 fully saturated rings. The number of benzene rings is 3. The second kappa shape index (κ2) is 13.1. The highest BCUT2D eigenvalue weighted by atomic mass is 35.5. The monoisotopic (exact) mass is 615 g/mol. The number of aromatic carboxylic acids is 1. The highest BCUT2D eigenvalue weighted by Gasteiger charge is 2.33. The Bertz CT molecular complexity index is 1530. The topological polar surface area (TPSA) is 136 Å². The van der Waals surface area contributed by atoms with Crippen LogP contribution in [0, 0.1) is 5.92 Å². The van der Waals surface area contributed by atoms with Gasteiger partial charge in [0.1, 0.15) is 11.9 Å². The number of carboxylic acids is 1. The van der Waals surface area contributed by atoms with E-state index in [1.54, 1.807) is 42.2 Å². The van der Waals surface area contributed by atoms with Gasteiger partial charge >= 0.3 is 5.97 Å². The summed E-state index contributed by atoms with van der Waals surface area (Å²) < 4.78 is 34.9. The van der Waals surface area contributed by atoms with Crippen molar-refractivity contribution in [1.29, 1.82) is 0 Å². The summed E-state index contributed by atoms with van der Waals surface area (Å²) in [6.45, 7) is 4.83. The highest BCUT2D eigenvalue weighted by molar-refractivity contribution is 7.92. The van der Waals surface area contributed by atoms with Crippen LogP contribution in [0.2, 0.25) is 5.02 Å². The molecule has 0 aliphatic carbocycles. The van der Waals surface area contributed by atoms with Crippen LogP contribution < -0.4 is 9.46 Å². The maximum absolute atomic E-state index is 13.7. The van der Waals surface area contributed by atoms with E-state index < -0.39 is 22.0 Å². The van der Waals surface area contributed by atoms with Crippen molar-refractivity contribution in [3.05, 3.63) is 88.4 Å². The number of sulfonamides is 1. The van der Waals surface area contributed by atoms with Gasteiger partial charge in [-0.3, -0.25) is 14.4 Å². The number of aliphatic hydroxyl groups is 1. The number of hydrogen-bond acceptors (Lipinski definition) is 7. The second-order valence-electron chi connectivity index (χ2n) is 10.6. The number of carboxylic acid groups (broad SMARTS) is 1. The van der Waals surface area contributed by atoms with Gasteiger partial charge in [0, 0.05) is 36.3 Å². The Labute approximate surface area is 250 Å². The van der Waals surface area contributed by atoms with Crippen molar-refractivity contribution in [2.75, 3.05) is 31.5 Å². The number of fused-ring (bicyclic) bond motifs is 1. The number of nitrogens with one attached hydrogen (secondary N) is 1. The van der Waals surface area contributed by atoms with Gasteiger partial charge in [0.15, 0.2) is 0 Å². The molecule has 1 aliphatic rings. The molecule has 12 heteroatoms. The summed E-state index contributed by atoms with van der Waals surface area (Å²) in [5, 5.41) is 19.5. The van der Waals surface area contributed by atoms with Crippen molar-refractivity contribution in [3.8, 4) is 5.75 Å². The average Bonchev–Trinajstić information content (AvgIpc) is 2.95. The van der Waals surface area contributed by atoms with Crippen molar-refractivity contribution >= 4 is 39.2 Å². The molecule has 0 bridgehead atoms. The number of ether oxygens (including phenoxy) is 1. The van der Waals surface area contributed by atoms with Gasteiger partial charge in [-0.05, 0) is 74.1 Å². The quantitative estimate of drug-likeness (QED) is 0.309. The molecule has 0 saturated heterocycles. The van der Waals surface area contributed by atoms with E-state index in [0.29, 0.717) is 30.4 Å². The fourth-order valence-electron chi connectivity index (χ4n) is 4.77. The van der Waals surface area contributed by atoms with E-state index in [-0.39, 0.29) is 46.2 Å². The van der Waals surface area contributed by atoms with E-state index in [0.717, 1.165) is 5.56 Å². The minimum absolute atomic E-state index is 0.0197. The van der Waals surface area contributed by atoms with Crippen LogP contribution in [-0.2, 0) is 16.6 Å². The molecule has 1 aliphatic heterocycles. The molecule has 3 N–H and O–H groups in total. The van der Waals surface area contributed by atoms with Crippen molar-refractivity contribution < 1.29 is 33.0 Å². The Hall–Kier alpha value is -3.64. The predicted molar refractivity (Wildman–Crippen MR) is 160 cm³/mol. The van der Waals surface area contributed by atoms with Crippen molar-refractivity contribution in [2.45, 2.75) is 37.4 Å². The first-order valence-corrected chi connectivity index (χ1v) is 15.3. The lowest BCUT2D eigenvalue weighted by molar-refractivity contribution is 0.0341. The second-order valence-corrected chi connectivity index (χ2v) is 12.7. The van der Waals surface area contributed by atoms with E-state index in [1.807, 2.05) is 14.0 Å². The number of hydrogen-bond donors (Lipinski definition) is 3. The summed E-state index contributed by atoms with van der Waals surface area (Å²) in [7, 11) is -2.03. The zero-order chi connectivity index (χ0) is 30.6. The molecule has 0 unspecified atom stereocenters. The molecule has 3 aromatic rings. The maximum Gasteiger partial charge on any atom is 0.335 e. The molecule has 4 rings (SSSR count). The van der Waals surface area contributed by atoms with Gasteiger partial charge in [0.2, 0.25) is 0 Å². The first-order valence-electron chi connectivity index (χ1n) is 13.4. The van der Waals surface area contributed by atoms with Gasteiger partial charge in [-0.2, -0.15) is 0 Å². The number of nitrogens with zero attached hydrogens (tertiary/aromatic N) is 2. The number of likely N-dealkylation sites (N-methyl/N-ethyl adjacent to an activating group) is 1. The fourth-order valence-corrected chi connectivity index (χ4v) is 5.94. The third-order valence-electron chi connectivity index (χ3n) is 7.19. The minimum Gasteiger partial charge on any atom is -0.488 e. The van der Waals surface area contributed by atoms with Crippen LogP contribution in [0.15, 0.2) is 71.6 Å². The molecule has 0 spiro atoms. The van der Waals surface area contributed by atoms with Crippen LogP contribution in [0.5, 0.6) is 5.75 Å². The molecule has 10 nitrogen and oxygen atoms in total. The first-order chi connectivity index (χ1) is 19.9. The van der Waals surface area contributed by atoms with Crippen LogP contribution >= 0.6 is 11.6 Å². The Kier molecular flexibility index (Phi) is 9.78. The lowest BCUT2D eigenvalue weighted by atomic mass is 9.99. The Morgan fingerprint density at radius 1 is 1.14 bits per heavy atom. The molecular weight excluding hydrogens is 582 g/mol. The zero-order valence-electron chi connectivity index (χ0n) is 23.5. The highest BCUT2D eigenvalue weighted by Crippen LogP contribution is 2.31. The molecule has 3 atom stereocenters. The van der Waals surface area contributed by atoms with Gasteiger partial charge in [0.05, 0.1) is 28.7 Å². The van der Waals surface area contributed by atoms with E-state index in [1.165, 1.54) is 36.4 Å². The van der Waals surface area contributed by atoms with Gasteiger partial charge in [-0.1, -0.05) is 30.7 Å². The summed E-state index contributed by atoms with van der Waals surface area (Å²) in [5.41, 5.74) is 1.51. The van der Waals surface area contributed by atoms with Gasteiger partial charge < -0.3 is 19.8 Å². The number of anilines is 1. The number of carbonyl (C=O) groups excluding carboxylic acids is 1. The van der Waals surface area contributed by atoms with Crippen molar-refractivity contribution in [3.63, 3.8) is 0 Å². The van der Waals surface area contributed by atoms with Gasteiger partial charge in [-0.15, -0.1) is 0 Å². The van der Waals surface area contributed by atoms with Crippen LogP contribution in [0.1, 0.15) is 40.1 Å². The molecule has 1 heterocycles. The average molecular weight is 616 g/mol. The third kappa shape index (κ3) is 7.40. The van der Waals surface area contributed by atoms with Crippen LogP contribution in [0.25, 0.3) is 0 Å². The lowest BCUT2D eigenvalue weighted by Gasteiger charge is -2.38. The number of halogens is 1. The first kappa shape index (κ1) is 31.3. The fraction of sp³-hybridized carbons (Fsp3) is 0.333. The van der Waals surface area contributed by atoms with E-state index in [2.05, 4.69) is 9.62 Å². The van der Waals surface area contributed by atoms with Gasteiger partial charge in [-0.25, -0.2) is 13.2 Å². The molecule has 0 aromatic heterocycles. The normalized spacial score (nSPS) is 18.0. The van der Waals surface area contributed by atoms with Crippen molar-refractivity contribution in [1.82, 2.24) is 9.80 Å². The van der Waals surface area contributed by atoms with Crippen LogP contribution in [0.4, 0.5) is 5.69 Å². The molecule has 3 aromatic carbocycles. The number of aliphatic hydroxyl groups excluding tert-OH is 1. The molecule has 0 saturated carbocycles. The summed E-state index contributed by atoms with van der Waals surface area (Å²) in [4.78, 5) is 28.5.